The highest BCUT2D eigenvalue weighted by Gasteiger charge is 2.16. The van der Waals surface area contributed by atoms with E-state index in [1.165, 1.54) is 15.3 Å². The molecule has 0 radical (unpaired) electrons. The van der Waals surface area contributed by atoms with Crippen molar-refractivity contribution in [1.82, 2.24) is 14.8 Å². The van der Waals surface area contributed by atoms with Crippen molar-refractivity contribution in [3.8, 4) is 5.69 Å². The van der Waals surface area contributed by atoms with Gasteiger partial charge in [-0.15, -0.1) is 10.2 Å². The summed E-state index contributed by atoms with van der Waals surface area (Å²) < 4.78 is 8.30. The third-order valence-corrected chi connectivity index (χ3v) is 5.42. The van der Waals surface area contributed by atoms with E-state index in [1.807, 2.05) is 66.1 Å². The number of thioether (sulfide) groups is 1. The lowest BCUT2D eigenvalue weighted by Crippen LogP contribution is -2.10. The molecular weight excluding hydrogens is 487 g/mol. The fraction of sp³-hybridized carbons (Fsp3) is 0.250. The van der Waals surface area contributed by atoms with Gasteiger partial charge in [-0.25, -0.2) is 0 Å². The van der Waals surface area contributed by atoms with Crippen LogP contribution >= 0.6 is 34.4 Å². The Bertz CT molecular complexity index is 900. The summed E-state index contributed by atoms with van der Waals surface area (Å²) in [5.41, 5.74) is 1.97. The Kier molecular flexibility index (Phi) is 7.72. The van der Waals surface area contributed by atoms with E-state index in [4.69, 9.17) is 4.74 Å². The van der Waals surface area contributed by atoms with Crippen molar-refractivity contribution in [2.45, 2.75) is 25.0 Å². The molecule has 2 aromatic carbocycles. The quantitative estimate of drug-likeness (QED) is 0.260. The van der Waals surface area contributed by atoms with Gasteiger partial charge in [0.05, 0.1) is 18.9 Å². The molecule has 146 valence electrons. The summed E-state index contributed by atoms with van der Waals surface area (Å²) in [7, 11) is 0. The summed E-state index contributed by atoms with van der Waals surface area (Å²) in [6.45, 7) is 2.93. The van der Waals surface area contributed by atoms with Crippen molar-refractivity contribution in [2.24, 2.45) is 0 Å². The number of ether oxygens (including phenoxy) is 1. The van der Waals surface area contributed by atoms with Gasteiger partial charge in [-0.1, -0.05) is 36.9 Å². The summed E-state index contributed by atoms with van der Waals surface area (Å²) in [4.78, 5) is 11.9. The molecule has 0 aliphatic carbocycles. The second-order valence-corrected chi connectivity index (χ2v) is 8.13. The predicted octanol–water partition coefficient (Wildman–Crippen LogP) is 4.53. The number of aromatic nitrogens is 3. The number of hydrogen-bond acceptors (Lipinski definition) is 6. The van der Waals surface area contributed by atoms with Crippen LogP contribution in [0.5, 0.6) is 0 Å². The van der Waals surface area contributed by atoms with Crippen LogP contribution in [-0.4, -0.2) is 33.1 Å². The van der Waals surface area contributed by atoms with Crippen LogP contribution < -0.4 is 5.32 Å². The van der Waals surface area contributed by atoms with Crippen LogP contribution in [0.2, 0.25) is 0 Å². The first-order valence-electron chi connectivity index (χ1n) is 8.95. The van der Waals surface area contributed by atoms with Gasteiger partial charge in [0, 0.05) is 14.9 Å². The molecule has 3 aromatic rings. The lowest BCUT2D eigenvalue weighted by atomic mass is 10.3. The number of halogens is 1. The Balaban J connectivity index is 1.77. The van der Waals surface area contributed by atoms with Crippen molar-refractivity contribution < 1.29 is 9.53 Å². The molecule has 0 spiro atoms. The van der Waals surface area contributed by atoms with Crippen LogP contribution in [0, 0.1) is 3.57 Å². The summed E-state index contributed by atoms with van der Waals surface area (Å²) >= 11 is 3.61. The number of nitrogens with zero attached hydrogens (tertiary/aromatic N) is 3. The lowest BCUT2D eigenvalue weighted by Gasteiger charge is -2.11. The molecule has 1 heterocycles. The minimum Gasteiger partial charge on any atom is -0.465 e. The highest BCUT2D eigenvalue weighted by atomic mass is 127. The van der Waals surface area contributed by atoms with Crippen LogP contribution in [0.25, 0.3) is 5.69 Å². The Hall–Kier alpha value is -2.07. The molecule has 0 unspecified atom stereocenters. The number of nitrogens with one attached hydrogen (secondary N) is 1. The minimum atomic E-state index is -0.243. The molecule has 1 aromatic heterocycles. The smallest absolute Gasteiger partial charge is 0.316 e. The Labute approximate surface area is 182 Å². The average Bonchev–Trinajstić information content (AvgIpc) is 3.13. The van der Waals surface area contributed by atoms with Gasteiger partial charge in [-0.2, -0.15) is 0 Å². The standard InChI is InChI=1S/C20H21IN4O2S/c1-2-12-27-19(26)14-28-20-24-23-18(25(20)17-6-4-3-5-7-17)13-22-16-10-8-15(21)9-11-16/h3-11,22H,2,12-14H2,1H3. The fourth-order valence-corrected chi connectivity index (χ4v) is 3.60. The predicted molar refractivity (Wildman–Crippen MR) is 120 cm³/mol. The number of hydrogen-bond donors (Lipinski definition) is 1. The molecule has 0 atom stereocenters. The summed E-state index contributed by atoms with van der Waals surface area (Å²) in [5.74, 6) is 0.734. The van der Waals surface area contributed by atoms with E-state index >= 15 is 0 Å². The van der Waals surface area contributed by atoms with Crippen molar-refractivity contribution in [3.05, 3.63) is 64.0 Å². The fourth-order valence-electron chi connectivity index (χ4n) is 2.47. The summed E-state index contributed by atoms with van der Waals surface area (Å²) in [6.07, 6.45) is 0.810. The molecule has 1 N–H and O–H groups in total. The zero-order valence-electron chi connectivity index (χ0n) is 15.5. The van der Waals surface area contributed by atoms with E-state index in [0.29, 0.717) is 18.3 Å². The highest BCUT2D eigenvalue weighted by molar-refractivity contribution is 14.1. The molecular formula is C20H21IN4O2S. The first-order valence-corrected chi connectivity index (χ1v) is 11.0. The summed E-state index contributed by atoms with van der Waals surface area (Å²) in [6, 6.07) is 18.1. The molecule has 0 saturated carbocycles. The van der Waals surface area contributed by atoms with Crippen LogP contribution in [0.15, 0.2) is 59.8 Å². The number of para-hydroxylation sites is 1. The summed E-state index contributed by atoms with van der Waals surface area (Å²) in [5, 5.41) is 12.7. The number of benzene rings is 2. The second-order valence-electron chi connectivity index (χ2n) is 5.94. The molecule has 0 aliphatic rings. The van der Waals surface area contributed by atoms with Gasteiger partial charge in [0.1, 0.15) is 0 Å². The molecule has 0 fully saturated rings. The van der Waals surface area contributed by atoms with E-state index < -0.39 is 0 Å². The molecule has 3 rings (SSSR count). The first kappa shape index (κ1) is 20.7. The van der Waals surface area contributed by atoms with Crippen LogP contribution in [0.1, 0.15) is 19.2 Å². The molecule has 28 heavy (non-hydrogen) atoms. The first-order chi connectivity index (χ1) is 13.7. The van der Waals surface area contributed by atoms with Gasteiger partial charge in [-0.05, 0) is 65.4 Å². The van der Waals surface area contributed by atoms with Crippen molar-refractivity contribution in [3.63, 3.8) is 0 Å². The average molecular weight is 508 g/mol. The number of carbonyl (C=O) groups excluding carboxylic acids is 1. The number of anilines is 1. The van der Waals surface area contributed by atoms with E-state index in [2.05, 4.69) is 38.1 Å². The van der Waals surface area contributed by atoms with Crippen LogP contribution in [0.4, 0.5) is 5.69 Å². The zero-order valence-corrected chi connectivity index (χ0v) is 18.4. The maximum Gasteiger partial charge on any atom is 0.316 e. The van der Waals surface area contributed by atoms with Gasteiger partial charge in [0.25, 0.3) is 0 Å². The maximum absolute atomic E-state index is 11.9. The largest absolute Gasteiger partial charge is 0.465 e. The molecule has 0 bridgehead atoms. The Morgan fingerprint density at radius 1 is 1.14 bits per heavy atom. The minimum absolute atomic E-state index is 0.204. The lowest BCUT2D eigenvalue weighted by molar-refractivity contribution is -0.140. The van der Waals surface area contributed by atoms with Gasteiger partial charge in [-0.3, -0.25) is 9.36 Å². The normalized spacial score (nSPS) is 10.6. The topological polar surface area (TPSA) is 69.0 Å². The molecule has 6 nitrogen and oxygen atoms in total. The molecule has 0 aliphatic heterocycles. The zero-order chi connectivity index (χ0) is 19.8. The van der Waals surface area contributed by atoms with Crippen molar-refractivity contribution in [1.29, 1.82) is 0 Å². The molecule has 0 saturated heterocycles. The van der Waals surface area contributed by atoms with E-state index in [0.717, 1.165) is 23.6 Å². The van der Waals surface area contributed by atoms with E-state index in [-0.39, 0.29) is 11.7 Å². The van der Waals surface area contributed by atoms with Gasteiger partial charge >= 0.3 is 5.97 Å². The van der Waals surface area contributed by atoms with Crippen molar-refractivity contribution in [2.75, 3.05) is 17.7 Å². The number of carbonyl (C=O) groups is 1. The Morgan fingerprint density at radius 3 is 2.61 bits per heavy atom. The van der Waals surface area contributed by atoms with E-state index in [9.17, 15) is 4.79 Å². The molecule has 8 heteroatoms. The van der Waals surface area contributed by atoms with Crippen molar-refractivity contribution >= 4 is 46.0 Å². The SMILES string of the molecule is CCCOC(=O)CSc1nnc(CNc2ccc(I)cc2)n1-c1ccccc1. The van der Waals surface area contributed by atoms with Crippen LogP contribution in [-0.2, 0) is 16.1 Å². The van der Waals surface area contributed by atoms with Gasteiger partial charge in [0.15, 0.2) is 11.0 Å². The van der Waals surface area contributed by atoms with E-state index in [1.54, 1.807) is 0 Å². The van der Waals surface area contributed by atoms with Crippen LogP contribution in [0.3, 0.4) is 0 Å². The third kappa shape index (κ3) is 5.71. The monoisotopic (exact) mass is 508 g/mol. The second kappa shape index (κ2) is 10.5. The Morgan fingerprint density at radius 2 is 1.89 bits per heavy atom. The highest BCUT2D eigenvalue weighted by Crippen LogP contribution is 2.23. The number of esters is 1. The maximum atomic E-state index is 11.9. The third-order valence-electron chi connectivity index (χ3n) is 3.80. The van der Waals surface area contributed by atoms with Gasteiger partial charge in [0.2, 0.25) is 0 Å². The molecule has 0 amide bonds. The number of rotatable bonds is 9. The van der Waals surface area contributed by atoms with Gasteiger partial charge < -0.3 is 10.1 Å².